The molecule has 0 N–H and O–H groups in total. The van der Waals surface area contributed by atoms with Crippen molar-refractivity contribution >= 4 is 17.8 Å². The molecule has 1 saturated carbocycles. The number of hydrogen-bond donors (Lipinski definition) is 0. The second-order valence-electron chi connectivity index (χ2n) is 5.89. The lowest BCUT2D eigenvalue weighted by molar-refractivity contribution is -0.141. The minimum atomic E-state index is -0.353. The Morgan fingerprint density at radius 2 is 1.75 bits per heavy atom. The van der Waals surface area contributed by atoms with E-state index in [1.807, 2.05) is 0 Å². The lowest BCUT2D eigenvalue weighted by Crippen LogP contribution is -2.26. The largest absolute Gasteiger partial charge is 0.493 e. The van der Waals surface area contributed by atoms with Crippen molar-refractivity contribution in [1.82, 2.24) is 0 Å². The molecule has 1 aromatic rings. The van der Waals surface area contributed by atoms with Crippen LogP contribution in [0.25, 0.3) is 6.08 Å². The predicted octanol–water partition coefficient (Wildman–Crippen LogP) is 2.39. The topological polar surface area (TPSA) is 71.1 Å². The van der Waals surface area contributed by atoms with Gasteiger partial charge in [0.15, 0.2) is 11.5 Å². The summed E-state index contributed by atoms with van der Waals surface area (Å²) in [7, 11) is 4.60. The Hall–Kier alpha value is -2.50. The van der Waals surface area contributed by atoms with Crippen molar-refractivity contribution in [2.24, 2.45) is 5.92 Å². The summed E-state index contributed by atoms with van der Waals surface area (Å²) in [5, 5.41) is 0. The Balaban J connectivity index is 2.01. The van der Waals surface area contributed by atoms with Gasteiger partial charge in [-0.15, -0.1) is 0 Å². The van der Waals surface area contributed by atoms with Crippen LogP contribution in [0.15, 0.2) is 17.7 Å². The Morgan fingerprint density at radius 1 is 1.08 bits per heavy atom. The molecule has 0 radical (unpaired) electrons. The second-order valence-corrected chi connectivity index (χ2v) is 5.89. The highest BCUT2D eigenvalue weighted by atomic mass is 16.6. The molecule has 1 aromatic carbocycles. The fourth-order valence-corrected chi connectivity index (χ4v) is 3.32. The van der Waals surface area contributed by atoms with Crippen molar-refractivity contribution in [3.8, 4) is 17.2 Å². The quantitative estimate of drug-likeness (QED) is 0.623. The van der Waals surface area contributed by atoms with E-state index in [2.05, 4.69) is 0 Å². The van der Waals surface area contributed by atoms with E-state index in [-0.39, 0.29) is 23.8 Å². The van der Waals surface area contributed by atoms with Gasteiger partial charge in [0.05, 0.1) is 21.3 Å². The lowest BCUT2D eigenvalue weighted by atomic mass is 9.82. The first-order chi connectivity index (χ1) is 11.6. The van der Waals surface area contributed by atoms with Gasteiger partial charge in [-0.1, -0.05) is 0 Å². The van der Waals surface area contributed by atoms with Crippen molar-refractivity contribution in [2.45, 2.75) is 25.4 Å². The van der Waals surface area contributed by atoms with Crippen LogP contribution in [0, 0.1) is 5.92 Å². The third kappa shape index (κ3) is 2.84. The number of Topliss-reactive ketones (excluding diaryl/α,β-unsaturated/α-hetero) is 1. The van der Waals surface area contributed by atoms with E-state index >= 15 is 0 Å². The van der Waals surface area contributed by atoms with E-state index in [0.29, 0.717) is 42.1 Å². The van der Waals surface area contributed by atoms with Gasteiger partial charge in [0.2, 0.25) is 5.75 Å². The summed E-state index contributed by atoms with van der Waals surface area (Å²) in [4.78, 5) is 23.9. The average molecular weight is 332 g/mol. The molecule has 6 heteroatoms. The zero-order chi connectivity index (χ0) is 17.3. The fourth-order valence-electron chi connectivity index (χ4n) is 3.32. The van der Waals surface area contributed by atoms with Crippen molar-refractivity contribution in [3.63, 3.8) is 0 Å². The molecule has 2 atom stereocenters. The molecule has 0 unspecified atom stereocenters. The predicted molar refractivity (Wildman–Crippen MR) is 86.3 cm³/mol. The van der Waals surface area contributed by atoms with Crippen LogP contribution in [0.1, 0.15) is 24.8 Å². The van der Waals surface area contributed by atoms with Crippen LogP contribution >= 0.6 is 0 Å². The number of esters is 1. The number of carbonyl (C=O) groups excluding carboxylic acids is 2. The molecule has 24 heavy (non-hydrogen) atoms. The van der Waals surface area contributed by atoms with Crippen LogP contribution < -0.4 is 14.2 Å². The molecule has 2 fully saturated rings. The lowest BCUT2D eigenvalue weighted by Gasteiger charge is -2.21. The van der Waals surface area contributed by atoms with E-state index in [1.54, 1.807) is 18.2 Å². The summed E-state index contributed by atoms with van der Waals surface area (Å²) >= 11 is 0. The Labute approximate surface area is 140 Å². The van der Waals surface area contributed by atoms with Gasteiger partial charge in [0.25, 0.3) is 0 Å². The van der Waals surface area contributed by atoms with Crippen molar-refractivity contribution in [1.29, 1.82) is 0 Å². The molecule has 1 aliphatic heterocycles. The third-order valence-electron chi connectivity index (χ3n) is 4.51. The van der Waals surface area contributed by atoms with Crippen molar-refractivity contribution in [2.75, 3.05) is 21.3 Å². The monoisotopic (exact) mass is 332 g/mol. The van der Waals surface area contributed by atoms with Crippen LogP contribution in [0.4, 0.5) is 0 Å². The molecular formula is C18H20O6. The molecule has 3 rings (SSSR count). The highest BCUT2D eigenvalue weighted by molar-refractivity contribution is 5.98. The minimum absolute atomic E-state index is 0.169. The number of hydrogen-bond acceptors (Lipinski definition) is 6. The first-order valence-corrected chi connectivity index (χ1v) is 7.81. The second kappa shape index (κ2) is 6.55. The van der Waals surface area contributed by atoms with E-state index in [9.17, 15) is 9.59 Å². The Morgan fingerprint density at radius 3 is 2.33 bits per heavy atom. The molecule has 2 aliphatic rings. The van der Waals surface area contributed by atoms with E-state index in [1.165, 1.54) is 21.3 Å². The van der Waals surface area contributed by atoms with Crippen LogP contribution in [-0.2, 0) is 14.3 Å². The summed E-state index contributed by atoms with van der Waals surface area (Å²) in [6, 6.07) is 3.53. The summed E-state index contributed by atoms with van der Waals surface area (Å²) in [5.41, 5.74) is 1.26. The normalized spacial score (nSPS) is 24.5. The van der Waals surface area contributed by atoms with Gasteiger partial charge in [0, 0.05) is 24.3 Å². The highest BCUT2D eigenvalue weighted by Crippen LogP contribution is 2.41. The molecular weight excluding hydrogens is 312 g/mol. The molecule has 0 spiro atoms. The average Bonchev–Trinajstić information content (AvgIpc) is 2.89. The van der Waals surface area contributed by atoms with Gasteiger partial charge in [-0.05, 0) is 30.2 Å². The summed E-state index contributed by atoms with van der Waals surface area (Å²) < 4.78 is 21.4. The molecule has 6 nitrogen and oxygen atoms in total. The van der Waals surface area contributed by atoms with Gasteiger partial charge in [-0.2, -0.15) is 0 Å². The van der Waals surface area contributed by atoms with Crippen LogP contribution in [0.5, 0.6) is 17.2 Å². The third-order valence-corrected chi connectivity index (χ3v) is 4.51. The van der Waals surface area contributed by atoms with E-state index < -0.39 is 0 Å². The maximum atomic E-state index is 12.2. The highest BCUT2D eigenvalue weighted by Gasteiger charge is 2.43. The number of benzene rings is 1. The minimum Gasteiger partial charge on any atom is -0.493 e. The molecule has 0 bridgehead atoms. The zero-order valence-electron chi connectivity index (χ0n) is 14.0. The number of ether oxygens (including phenoxy) is 4. The molecule has 128 valence electrons. The summed E-state index contributed by atoms with van der Waals surface area (Å²) in [6.07, 6.45) is 2.99. The maximum absolute atomic E-state index is 12.2. The van der Waals surface area contributed by atoms with Gasteiger partial charge >= 0.3 is 5.97 Å². The van der Waals surface area contributed by atoms with Crippen molar-refractivity contribution < 1.29 is 28.5 Å². The molecule has 0 amide bonds. The maximum Gasteiger partial charge on any atom is 0.334 e. The first-order valence-electron chi connectivity index (χ1n) is 7.81. The smallest absolute Gasteiger partial charge is 0.334 e. The van der Waals surface area contributed by atoms with Gasteiger partial charge in [-0.25, -0.2) is 4.79 Å². The van der Waals surface area contributed by atoms with Gasteiger partial charge < -0.3 is 18.9 Å². The van der Waals surface area contributed by atoms with Crippen LogP contribution in [0.3, 0.4) is 0 Å². The number of methoxy groups -OCH3 is 3. The van der Waals surface area contributed by atoms with Gasteiger partial charge in [0.1, 0.15) is 11.9 Å². The zero-order valence-corrected chi connectivity index (χ0v) is 14.0. The Bertz CT molecular complexity index is 680. The molecule has 1 aliphatic carbocycles. The van der Waals surface area contributed by atoms with E-state index in [4.69, 9.17) is 18.9 Å². The standard InChI is InChI=1S/C18H20O6/c1-21-15-7-10(8-16(22-2)17(15)23-3)6-13-12-9-11(19)4-5-14(12)24-18(13)20/h6-8,12,14H,4-5,9H2,1-3H3/b13-6+/t12-,14-/m1/s1. The van der Waals surface area contributed by atoms with Crippen LogP contribution in [0.2, 0.25) is 0 Å². The molecule has 1 saturated heterocycles. The summed E-state index contributed by atoms with van der Waals surface area (Å²) in [6.45, 7) is 0. The summed E-state index contributed by atoms with van der Waals surface area (Å²) in [5.74, 6) is 1.15. The number of rotatable bonds is 4. The molecule has 0 aromatic heterocycles. The number of ketones is 1. The fraction of sp³-hybridized carbons (Fsp3) is 0.444. The molecule has 1 heterocycles. The Kier molecular flexibility index (Phi) is 4.46. The van der Waals surface area contributed by atoms with Gasteiger partial charge in [-0.3, -0.25) is 4.79 Å². The SMILES string of the molecule is COc1cc(/C=C2/C(=O)O[C@@H]3CCC(=O)C[C@H]23)cc(OC)c1OC. The number of carbonyl (C=O) groups is 2. The number of fused-ring (bicyclic) bond motifs is 1. The first kappa shape index (κ1) is 16.4. The van der Waals surface area contributed by atoms with Crippen LogP contribution in [-0.4, -0.2) is 39.2 Å². The van der Waals surface area contributed by atoms with Crippen molar-refractivity contribution in [3.05, 3.63) is 23.3 Å². The van der Waals surface area contributed by atoms with E-state index in [0.717, 1.165) is 5.56 Å².